The van der Waals surface area contributed by atoms with E-state index in [1.807, 2.05) is 0 Å². The molecule has 0 aliphatic carbocycles. The van der Waals surface area contributed by atoms with Crippen molar-refractivity contribution in [1.29, 1.82) is 0 Å². The topological polar surface area (TPSA) is 73.1 Å². The van der Waals surface area contributed by atoms with Crippen molar-refractivity contribution in [1.82, 2.24) is 4.98 Å². The molecule has 1 aromatic heterocycles. The van der Waals surface area contributed by atoms with Crippen LogP contribution < -0.4 is 0 Å². The zero-order valence-corrected chi connectivity index (χ0v) is 9.14. The summed E-state index contributed by atoms with van der Waals surface area (Å²) in [7, 11) is 0. The fraction of sp³-hybridized carbons (Fsp3) is 0.143. The second kappa shape index (κ2) is 4.55. The Morgan fingerprint density at radius 2 is 2.20 bits per heavy atom. The maximum Gasteiger partial charge on any atom is 0.297 e. The van der Waals surface area contributed by atoms with Gasteiger partial charge in [-0.2, -0.15) is 0 Å². The largest absolute Gasteiger partial charge is 0.298 e. The van der Waals surface area contributed by atoms with E-state index in [1.54, 1.807) is 22.6 Å². The van der Waals surface area contributed by atoms with Crippen molar-refractivity contribution in [2.75, 3.05) is 0 Å². The van der Waals surface area contributed by atoms with E-state index in [0.29, 0.717) is 0 Å². The quantitative estimate of drug-likeness (QED) is 0.281. The predicted octanol–water partition coefficient (Wildman–Crippen LogP) is 2.34. The van der Waals surface area contributed by atoms with E-state index in [4.69, 9.17) is 0 Å². The van der Waals surface area contributed by atoms with Crippen molar-refractivity contribution in [3.05, 3.63) is 31.1 Å². The van der Waals surface area contributed by atoms with Gasteiger partial charge in [-0.3, -0.25) is 14.9 Å². The molecule has 80 valence electrons. The SMILES string of the molecule is O=Cc1c(I)ncc([N+](=O)[O-])c1C(F)F. The third kappa shape index (κ3) is 2.25. The van der Waals surface area contributed by atoms with Gasteiger partial charge in [0.15, 0.2) is 6.29 Å². The van der Waals surface area contributed by atoms with Crippen LogP contribution in [0.4, 0.5) is 14.5 Å². The standard InChI is InChI=1S/C7H3F2IN2O3/c8-6(9)5-3(2-13)7(10)11-1-4(5)12(14)15/h1-2,6H. The van der Waals surface area contributed by atoms with Gasteiger partial charge >= 0.3 is 0 Å². The summed E-state index contributed by atoms with van der Waals surface area (Å²) in [4.78, 5) is 23.5. The van der Waals surface area contributed by atoms with Crippen LogP contribution >= 0.6 is 22.6 Å². The van der Waals surface area contributed by atoms with E-state index in [2.05, 4.69) is 4.98 Å². The average molecular weight is 328 g/mol. The second-order valence-corrected chi connectivity index (χ2v) is 3.46. The molecule has 0 spiro atoms. The lowest BCUT2D eigenvalue weighted by Gasteiger charge is -2.05. The van der Waals surface area contributed by atoms with Crippen molar-refractivity contribution in [2.45, 2.75) is 6.43 Å². The lowest BCUT2D eigenvalue weighted by atomic mass is 10.1. The smallest absolute Gasteiger partial charge is 0.297 e. The minimum Gasteiger partial charge on any atom is -0.298 e. The van der Waals surface area contributed by atoms with Gasteiger partial charge < -0.3 is 0 Å². The van der Waals surface area contributed by atoms with E-state index in [1.165, 1.54) is 0 Å². The molecule has 0 N–H and O–H groups in total. The Balaban J connectivity index is 3.56. The zero-order chi connectivity index (χ0) is 11.6. The number of nitrogens with zero attached hydrogens (tertiary/aromatic N) is 2. The maximum absolute atomic E-state index is 12.5. The highest BCUT2D eigenvalue weighted by molar-refractivity contribution is 14.1. The van der Waals surface area contributed by atoms with Crippen molar-refractivity contribution >= 4 is 34.6 Å². The monoisotopic (exact) mass is 328 g/mol. The average Bonchev–Trinajstić information content (AvgIpc) is 2.16. The van der Waals surface area contributed by atoms with Gasteiger partial charge in [-0.1, -0.05) is 0 Å². The molecule has 0 bridgehead atoms. The maximum atomic E-state index is 12.5. The summed E-state index contributed by atoms with van der Waals surface area (Å²) in [6, 6.07) is 0. The Bertz CT molecular complexity index is 425. The summed E-state index contributed by atoms with van der Waals surface area (Å²) < 4.78 is 25.1. The van der Waals surface area contributed by atoms with Crippen LogP contribution in [-0.2, 0) is 0 Å². The van der Waals surface area contributed by atoms with Crippen LogP contribution in [0.5, 0.6) is 0 Å². The Morgan fingerprint density at radius 3 is 2.60 bits per heavy atom. The first-order valence-electron chi connectivity index (χ1n) is 3.55. The zero-order valence-electron chi connectivity index (χ0n) is 6.99. The number of rotatable bonds is 3. The Labute approximate surface area is 95.8 Å². The molecular formula is C7H3F2IN2O3. The molecule has 0 saturated carbocycles. The molecule has 0 aliphatic heterocycles. The number of carbonyl (C=O) groups excluding carboxylic acids is 1. The summed E-state index contributed by atoms with van der Waals surface area (Å²) in [5.41, 5.74) is -2.15. The Morgan fingerprint density at radius 1 is 1.60 bits per heavy atom. The summed E-state index contributed by atoms with van der Waals surface area (Å²) in [6.45, 7) is 0. The highest BCUT2D eigenvalue weighted by Gasteiger charge is 2.27. The van der Waals surface area contributed by atoms with Crippen LogP contribution in [0.1, 0.15) is 22.3 Å². The second-order valence-electron chi connectivity index (χ2n) is 2.44. The van der Waals surface area contributed by atoms with Crippen LogP contribution in [0.25, 0.3) is 0 Å². The van der Waals surface area contributed by atoms with Gasteiger partial charge in [0.2, 0.25) is 0 Å². The number of carbonyl (C=O) groups is 1. The van der Waals surface area contributed by atoms with Gasteiger partial charge in [0.25, 0.3) is 12.1 Å². The van der Waals surface area contributed by atoms with E-state index >= 15 is 0 Å². The normalized spacial score (nSPS) is 10.4. The molecule has 1 aromatic rings. The molecular weight excluding hydrogens is 325 g/mol. The van der Waals surface area contributed by atoms with Crippen molar-refractivity contribution in [2.24, 2.45) is 0 Å². The minimum atomic E-state index is -3.08. The number of alkyl halides is 2. The number of halogens is 3. The predicted molar refractivity (Wildman–Crippen MR) is 54.0 cm³/mol. The van der Waals surface area contributed by atoms with E-state index in [0.717, 1.165) is 6.20 Å². The van der Waals surface area contributed by atoms with Crippen molar-refractivity contribution < 1.29 is 18.5 Å². The number of aldehydes is 1. The Hall–Kier alpha value is -1.19. The third-order valence-corrected chi connectivity index (χ3v) is 2.48. The fourth-order valence-corrected chi connectivity index (χ4v) is 1.55. The van der Waals surface area contributed by atoms with Gasteiger partial charge in [-0.15, -0.1) is 0 Å². The molecule has 0 unspecified atom stereocenters. The highest BCUT2D eigenvalue weighted by atomic mass is 127. The van der Waals surface area contributed by atoms with Gasteiger partial charge in [0.05, 0.1) is 10.5 Å². The van der Waals surface area contributed by atoms with Gasteiger partial charge in [0.1, 0.15) is 15.5 Å². The highest BCUT2D eigenvalue weighted by Crippen LogP contribution is 2.32. The molecule has 8 heteroatoms. The van der Waals surface area contributed by atoms with Crippen molar-refractivity contribution in [3.63, 3.8) is 0 Å². The molecule has 1 rings (SSSR count). The van der Waals surface area contributed by atoms with Crippen LogP contribution in [0.15, 0.2) is 6.20 Å². The van der Waals surface area contributed by atoms with Crippen molar-refractivity contribution in [3.8, 4) is 0 Å². The molecule has 0 radical (unpaired) electrons. The molecule has 5 nitrogen and oxygen atoms in total. The lowest BCUT2D eigenvalue weighted by molar-refractivity contribution is -0.386. The van der Waals surface area contributed by atoms with Crippen LogP contribution in [-0.4, -0.2) is 16.2 Å². The molecule has 0 fully saturated rings. The number of aromatic nitrogens is 1. The van der Waals surface area contributed by atoms with Gasteiger partial charge in [-0.05, 0) is 22.6 Å². The molecule has 0 aliphatic rings. The number of hydrogen-bond donors (Lipinski definition) is 0. The summed E-state index contributed by atoms with van der Waals surface area (Å²) in [6.07, 6.45) is -2.22. The molecule has 15 heavy (non-hydrogen) atoms. The third-order valence-electron chi connectivity index (χ3n) is 1.62. The minimum absolute atomic E-state index is 0.0171. The summed E-state index contributed by atoms with van der Waals surface area (Å²) in [5, 5.41) is 10.4. The van der Waals surface area contributed by atoms with Crippen LogP contribution in [0, 0.1) is 13.8 Å². The molecule has 0 atom stereocenters. The number of nitro groups is 1. The molecule has 0 aromatic carbocycles. The first kappa shape index (κ1) is 11.9. The fourth-order valence-electron chi connectivity index (χ4n) is 0.993. The van der Waals surface area contributed by atoms with E-state index in [-0.39, 0.29) is 9.99 Å². The van der Waals surface area contributed by atoms with Crippen LogP contribution in [0.2, 0.25) is 0 Å². The Kier molecular flexibility index (Phi) is 3.61. The van der Waals surface area contributed by atoms with E-state index in [9.17, 15) is 23.7 Å². The first-order chi connectivity index (χ1) is 6.99. The molecule has 1 heterocycles. The van der Waals surface area contributed by atoms with E-state index < -0.39 is 28.2 Å². The lowest BCUT2D eigenvalue weighted by Crippen LogP contribution is -2.04. The summed E-state index contributed by atoms with van der Waals surface area (Å²) in [5.74, 6) is 0. The summed E-state index contributed by atoms with van der Waals surface area (Å²) >= 11 is 1.56. The number of pyridine rings is 1. The van der Waals surface area contributed by atoms with Crippen LogP contribution in [0.3, 0.4) is 0 Å². The van der Waals surface area contributed by atoms with Gasteiger partial charge in [0, 0.05) is 0 Å². The molecule has 0 amide bonds. The number of hydrogen-bond acceptors (Lipinski definition) is 4. The molecule has 0 saturated heterocycles. The van der Waals surface area contributed by atoms with Gasteiger partial charge in [-0.25, -0.2) is 13.8 Å². The first-order valence-corrected chi connectivity index (χ1v) is 4.63.